The number of aryl methyl sites for hydroxylation is 2. The quantitative estimate of drug-likeness (QED) is 0.851. The van der Waals surface area contributed by atoms with Gasteiger partial charge in [0.15, 0.2) is 0 Å². The number of hydrogen-bond acceptors (Lipinski definition) is 3. The van der Waals surface area contributed by atoms with E-state index in [1.165, 1.54) is 24.0 Å². The zero-order chi connectivity index (χ0) is 14.1. The van der Waals surface area contributed by atoms with Gasteiger partial charge in [0.1, 0.15) is 0 Å². The van der Waals surface area contributed by atoms with Crippen LogP contribution in [0.15, 0.2) is 46.2 Å². The molecule has 2 aromatic rings. The predicted octanol–water partition coefficient (Wildman–Crippen LogP) is 3.01. The van der Waals surface area contributed by atoms with Gasteiger partial charge in [-0.15, -0.1) is 0 Å². The third kappa shape index (κ3) is 2.51. The first-order chi connectivity index (χ1) is 9.63. The monoisotopic (exact) mass is 284 g/mol. The van der Waals surface area contributed by atoms with Crippen molar-refractivity contribution in [2.24, 2.45) is 5.73 Å². The Hall–Kier alpha value is -1.94. The number of nitrogens with two attached hydrogens (primary N) is 2. The molecule has 3 rings (SSSR count). The average molecular weight is 284 g/mol. The van der Waals surface area contributed by atoms with Crippen molar-refractivity contribution in [2.75, 3.05) is 5.73 Å². The minimum Gasteiger partial charge on any atom is -0.399 e. The van der Waals surface area contributed by atoms with Crippen molar-refractivity contribution >= 4 is 23.4 Å². The smallest absolute Gasteiger partial charge is 0.249 e. The number of fused-ring (bicyclic) bond motifs is 1. The predicted molar refractivity (Wildman–Crippen MR) is 82.0 cm³/mol. The highest BCUT2D eigenvalue weighted by molar-refractivity contribution is 7.99. The Balaban J connectivity index is 1.93. The van der Waals surface area contributed by atoms with Crippen molar-refractivity contribution in [1.29, 1.82) is 0 Å². The van der Waals surface area contributed by atoms with Crippen LogP contribution in [0.2, 0.25) is 0 Å². The lowest BCUT2D eigenvalue weighted by molar-refractivity contribution is 0.0997. The summed E-state index contributed by atoms with van der Waals surface area (Å²) in [4.78, 5) is 13.5. The highest BCUT2D eigenvalue weighted by Gasteiger charge is 2.13. The molecule has 20 heavy (non-hydrogen) atoms. The van der Waals surface area contributed by atoms with Gasteiger partial charge in [-0.25, -0.2) is 0 Å². The largest absolute Gasteiger partial charge is 0.399 e. The second-order valence-corrected chi connectivity index (χ2v) is 6.12. The Morgan fingerprint density at radius 1 is 1.05 bits per heavy atom. The number of carbonyl (C=O) groups is 1. The zero-order valence-electron chi connectivity index (χ0n) is 11.1. The summed E-state index contributed by atoms with van der Waals surface area (Å²) >= 11 is 1.56. The van der Waals surface area contributed by atoms with E-state index in [2.05, 4.69) is 18.2 Å². The molecule has 0 aromatic heterocycles. The van der Waals surface area contributed by atoms with Crippen molar-refractivity contribution in [3.05, 3.63) is 53.1 Å². The van der Waals surface area contributed by atoms with E-state index in [0.29, 0.717) is 11.3 Å². The molecule has 0 heterocycles. The van der Waals surface area contributed by atoms with Gasteiger partial charge in [0.2, 0.25) is 5.91 Å². The molecule has 2 aromatic carbocycles. The highest BCUT2D eigenvalue weighted by atomic mass is 32.2. The first-order valence-corrected chi connectivity index (χ1v) is 7.44. The van der Waals surface area contributed by atoms with Crippen LogP contribution in [0, 0.1) is 0 Å². The van der Waals surface area contributed by atoms with Gasteiger partial charge in [-0.3, -0.25) is 4.79 Å². The molecule has 0 bridgehead atoms. The van der Waals surface area contributed by atoms with Crippen LogP contribution in [0.25, 0.3) is 0 Å². The normalized spacial score (nSPS) is 13.2. The number of hydrogen-bond donors (Lipinski definition) is 2. The van der Waals surface area contributed by atoms with Crippen LogP contribution in [0.1, 0.15) is 27.9 Å². The number of nitrogen functional groups attached to an aromatic ring is 1. The molecular weight excluding hydrogens is 268 g/mol. The number of amides is 1. The fraction of sp³-hybridized carbons (Fsp3) is 0.188. The van der Waals surface area contributed by atoms with Crippen LogP contribution in [-0.2, 0) is 12.8 Å². The molecule has 1 aliphatic rings. The maximum Gasteiger partial charge on any atom is 0.249 e. The molecule has 0 radical (unpaired) electrons. The van der Waals surface area contributed by atoms with Crippen molar-refractivity contribution in [2.45, 2.75) is 29.1 Å². The number of primary amides is 1. The zero-order valence-corrected chi connectivity index (χ0v) is 11.9. The number of benzene rings is 2. The SMILES string of the molecule is NC(=O)c1cc(N)ccc1Sc1ccc2c(c1)CCC2. The standard InChI is InChI=1S/C16H16N2OS/c17-12-5-7-15(14(9-12)16(18)19)20-13-6-4-10-2-1-3-11(10)8-13/h4-9H,1-3,17H2,(H2,18,19). The van der Waals surface area contributed by atoms with Crippen LogP contribution in [0.5, 0.6) is 0 Å². The summed E-state index contributed by atoms with van der Waals surface area (Å²) < 4.78 is 0. The molecule has 0 spiro atoms. The first-order valence-electron chi connectivity index (χ1n) is 6.62. The molecular formula is C16H16N2OS. The van der Waals surface area contributed by atoms with Crippen molar-refractivity contribution < 1.29 is 4.79 Å². The number of rotatable bonds is 3. The fourth-order valence-corrected chi connectivity index (χ4v) is 3.56. The van der Waals surface area contributed by atoms with Gasteiger partial charge in [0.25, 0.3) is 0 Å². The van der Waals surface area contributed by atoms with E-state index in [1.807, 2.05) is 6.07 Å². The van der Waals surface area contributed by atoms with E-state index >= 15 is 0 Å². The molecule has 3 nitrogen and oxygen atoms in total. The minimum absolute atomic E-state index is 0.444. The first kappa shape index (κ1) is 13.1. The number of carbonyl (C=O) groups excluding carboxylic acids is 1. The van der Waals surface area contributed by atoms with Crippen molar-refractivity contribution in [3.63, 3.8) is 0 Å². The van der Waals surface area contributed by atoms with Crippen LogP contribution in [0.4, 0.5) is 5.69 Å². The summed E-state index contributed by atoms with van der Waals surface area (Å²) in [6, 6.07) is 11.8. The van der Waals surface area contributed by atoms with Crippen LogP contribution in [0.3, 0.4) is 0 Å². The highest BCUT2D eigenvalue weighted by Crippen LogP contribution is 2.34. The number of anilines is 1. The minimum atomic E-state index is -0.444. The van der Waals surface area contributed by atoms with Gasteiger partial charge in [-0.05, 0) is 60.7 Å². The van der Waals surface area contributed by atoms with E-state index in [-0.39, 0.29) is 0 Å². The van der Waals surface area contributed by atoms with E-state index in [4.69, 9.17) is 11.5 Å². The van der Waals surface area contributed by atoms with Crippen LogP contribution >= 0.6 is 11.8 Å². The molecule has 1 aliphatic carbocycles. The van der Waals surface area contributed by atoms with Gasteiger partial charge in [-0.2, -0.15) is 0 Å². The molecule has 102 valence electrons. The topological polar surface area (TPSA) is 69.1 Å². The summed E-state index contributed by atoms with van der Waals surface area (Å²) in [6.45, 7) is 0. The van der Waals surface area contributed by atoms with Gasteiger partial charge in [0, 0.05) is 15.5 Å². The van der Waals surface area contributed by atoms with E-state index in [1.54, 1.807) is 23.9 Å². The van der Waals surface area contributed by atoms with Gasteiger partial charge in [-0.1, -0.05) is 17.8 Å². The average Bonchev–Trinajstić information content (AvgIpc) is 2.88. The van der Waals surface area contributed by atoms with Gasteiger partial charge >= 0.3 is 0 Å². The summed E-state index contributed by atoms with van der Waals surface area (Å²) in [5.41, 5.74) is 15.0. The third-order valence-corrected chi connectivity index (χ3v) is 4.63. The lowest BCUT2D eigenvalue weighted by Gasteiger charge is -2.09. The van der Waals surface area contributed by atoms with Gasteiger partial charge in [0.05, 0.1) is 5.56 Å². The molecule has 0 unspecified atom stereocenters. The van der Waals surface area contributed by atoms with Gasteiger partial charge < -0.3 is 11.5 Å². The maximum absolute atomic E-state index is 11.5. The molecule has 4 heteroatoms. The summed E-state index contributed by atoms with van der Waals surface area (Å²) in [7, 11) is 0. The Morgan fingerprint density at radius 2 is 1.85 bits per heavy atom. The summed E-state index contributed by atoms with van der Waals surface area (Å²) in [5.74, 6) is -0.444. The molecule has 4 N–H and O–H groups in total. The summed E-state index contributed by atoms with van der Waals surface area (Å²) in [5, 5.41) is 0. The molecule has 1 amide bonds. The van der Waals surface area contributed by atoms with E-state index in [0.717, 1.165) is 16.2 Å². The van der Waals surface area contributed by atoms with Crippen molar-refractivity contribution in [3.8, 4) is 0 Å². The molecule has 0 aliphatic heterocycles. The Kier molecular flexibility index (Phi) is 3.40. The van der Waals surface area contributed by atoms with E-state index < -0.39 is 5.91 Å². The fourth-order valence-electron chi connectivity index (χ4n) is 2.57. The maximum atomic E-state index is 11.5. The second kappa shape index (κ2) is 5.21. The summed E-state index contributed by atoms with van der Waals surface area (Å²) in [6.07, 6.45) is 3.56. The molecule has 0 fully saturated rings. The molecule has 0 saturated heterocycles. The molecule has 0 atom stereocenters. The van der Waals surface area contributed by atoms with Crippen LogP contribution < -0.4 is 11.5 Å². The van der Waals surface area contributed by atoms with Crippen LogP contribution in [-0.4, -0.2) is 5.91 Å². The lowest BCUT2D eigenvalue weighted by Crippen LogP contribution is -2.12. The Labute approximate surface area is 122 Å². The Morgan fingerprint density at radius 3 is 2.65 bits per heavy atom. The van der Waals surface area contributed by atoms with Crippen molar-refractivity contribution in [1.82, 2.24) is 0 Å². The second-order valence-electron chi connectivity index (χ2n) is 5.01. The Bertz CT molecular complexity index is 682. The molecule has 0 saturated carbocycles. The third-order valence-electron chi connectivity index (χ3n) is 3.57. The van der Waals surface area contributed by atoms with E-state index in [9.17, 15) is 4.79 Å². The lowest BCUT2D eigenvalue weighted by atomic mass is 10.1.